The summed E-state index contributed by atoms with van der Waals surface area (Å²) in [6.07, 6.45) is 9.09. The van der Waals surface area contributed by atoms with Gasteiger partial charge in [0.2, 0.25) is 5.91 Å². The number of nitrogens with zero attached hydrogens (tertiary/aromatic N) is 1. The molecule has 20 heavy (non-hydrogen) atoms. The van der Waals surface area contributed by atoms with Gasteiger partial charge in [-0.05, 0) is 38.5 Å². The minimum absolute atomic E-state index is 0.115. The van der Waals surface area contributed by atoms with Crippen LogP contribution in [0.3, 0.4) is 0 Å². The van der Waals surface area contributed by atoms with Crippen LogP contribution in [0.25, 0.3) is 0 Å². The van der Waals surface area contributed by atoms with Gasteiger partial charge in [0, 0.05) is 25.7 Å². The predicted octanol–water partition coefficient (Wildman–Crippen LogP) is 1.94. The van der Waals surface area contributed by atoms with E-state index in [1.165, 1.54) is 44.9 Å². The van der Waals surface area contributed by atoms with Gasteiger partial charge in [0.25, 0.3) is 0 Å². The first-order valence-electron chi connectivity index (χ1n) is 8.32. The van der Waals surface area contributed by atoms with Gasteiger partial charge in [-0.1, -0.05) is 19.3 Å². The van der Waals surface area contributed by atoms with E-state index in [4.69, 9.17) is 4.74 Å². The number of nitrogens with one attached hydrogen (secondary N) is 1. The van der Waals surface area contributed by atoms with Crippen LogP contribution in [0.5, 0.6) is 0 Å². The van der Waals surface area contributed by atoms with Crippen molar-refractivity contribution in [2.75, 3.05) is 26.2 Å². The molecule has 2 saturated heterocycles. The van der Waals surface area contributed by atoms with Crippen LogP contribution in [0.1, 0.15) is 51.9 Å². The standard InChI is InChI=1S/C16H28N2O2/c1-16(11-17-12-16)20-10-15(19)18-9-5-8-14(18)13-6-3-2-4-7-13/h13-14,17H,2-12H2,1H3. The molecule has 0 aromatic heterocycles. The van der Waals surface area contributed by atoms with Crippen molar-refractivity contribution in [2.24, 2.45) is 5.92 Å². The normalized spacial score (nSPS) is 30.2. The smallest absolute Gasteiger partial charge is 0.248 e. The zero-order valence-corrected chi connectivity index (χ0v) is 12.7. The lowest BCUT2D eigenvalue weighted by atomic mass is 9.83. The molecule has 4 heteroatoms. The maximum absolute atomic E-state index is 12.5. The number of hydrogen-bond acceptors (Lipinski definition) is 3. The molecule has 3 aliphatic rings. The Morgan fingerprint density at radius 1 is 1.20 bits per heavy atom. The molecule has 0 spiro atoms. The molecule has 3 fully saturated rings. The summed E-state index contributed by atoms with van der Waals surface area (Å²) >= 11 is 0. The van der Waals surface area contributed by atoms with Gasteiger partial charge >= 0.3 is 0 Å². The fourth-order valence-electron chi connectivity index (χ4n) is 4.01. The van der Waals surface area contributed by atoms with Crippen molar-refractivity contribution >= 4 is 5.91 Å². The first-order chi connectivity index (χ1) is 9.68. The molecule has 2 heterocycles. The number of amides is 1. The number of hydrogen-bond donors (Lipinski definition) is 1. The third-order valence-electron chi connectivity index (χ3n) is 5.36. The van der Waals surface area contributed by atoms with Gasteiger partial charge in [-0.25, -0.2) is 0 Å². The summed E-state index contributed by atoms with van der Waals surface area (Å²) in [6.45, 7) is 5.03. The fraction of sp³-hybridized carbons (Fsp3) is 0.938. The molecule has 2 aliphatic heterocycles. The highest BCUT2D eigenvalue weighted by molar-refractivity contribution is 5.78. The Balaban J connectivity index is 1.52. The molecule has 0 aromatic carbocycles. The van der Waals surface area contributed by atoms with E-state index in [1.54, 1.807) is 0 Å². The van der Waals surface area contributed by atoms with E-state index < -0.39 is 0 Å². The van der Waals surface area contributed by atoms with Gasteiger partial charge in [0.1, 0.15) is 6.61 Å². The zero-order chi connectivity index (χ0) is 14.0. The van der Waals surface area contributed by atoms with Gasteiger partial charge in [0.15, 0.2) is 0 Å². The predicted molar refractivity (Wildman–Crippen MR) is 78.5 cm³/mol. The summed E-state index contributed by atoms with van der Waals surface area (Å²) in [5.41, 5.74) is -0.115. The van der Waals surface area contributed by atoms with Crippen molar-refractivity contribution in [1.82, 2.24) is 10.2 Å². The fourth-order valence-corrected chi connectivity index (χ4v) is 4.01. The molecule has 1 amide bonds. The largest absolute Gasteiger partial charge is 0.363 e. The number of carbonyl (C=O) groups excluding carboxylic acids is 1. The summed E-state index contributed by atoms with van der Waals surface area (Å²) in [4.78, 5) is 14.6. The minimum atomic E-state index is -0.115. The van der Waals surface area contributed by atoms with Crippen LogP contribution in [0, 0.1) is 5.92 Å². The highest BCUT2D eigenvalue weighted by Crippen LogP contribution is 2.34. The quantitative estimate of drug-likeness (QED) is 0.855. The molecular formula is C16H28N2O2. The highest BCUT2D eigenvalue weighted by atomic mass is 16.5. The van der Waals surface area contributed by atoms with Gasteiger partial charge in [0.05, 0.1) is 5.60 Å². The Kier molecular flexibility index (Phi) is 4.32. The Labute approximate surface area is 122 Å². The van der Waals surface area contributed by atoms with E-state index in [0.29, 0.717) is 6.04 Å². The topological polar surface area (TPSA) is 41.6 Å². The number of carbonyl (C=O) groups is 1. The summed E-state index contributed by atoms with van der Waals surface area (Å²) in [5, 5.41) is 3.21. The second-order valence-electron chi connectivity index (χ2n) is 7.04. The molecule has 1 saturated carbocycles. The average molecular weight is 280 g/mol. The molecular weight excluding hydrogens is 252 g/mol. The average Bonchev–Trinajstić information content (AvgIpc) is 2.93. The molecule has 0 bridgehead atoms. The van der Waals surface area contributed by atoms with Crippen molar-refractivity contribution < 1.29 is 9.53 Å². The Bertz CT molecular complexity index is 348. The van der Waals surface area contributed by atoms with E-state index in [2.05, 4.69) is 17.1 Å². The molecule has 114 valence electrons. The second kappa shape index (κ2) is 6.02. The van der Waals surface area contributed by atoms with Crippen LogP contribution in [0.2, 0.25) is 0 Å². The molecule has 1 atom stereocenters. The molecule has 3 rings (SSSR count). The Morgan fingerprint density at radius 2 is 1.95 bits per heavy atom. The highest BCUT2D eigenvalue weighted by Gasteiger charge is 2.37. The number of likely N-dealkylation sites (tertiary alicyclic amines) is 1. The Morgan fingerprint density at radius 3 is 2.60 bits per heavy atom. The van der Waals surface area contributed by atoms with Crippen LogP contribution >= 0.6 is 0 Å². The van der Waals surface area contributed by atoms with E-state index >= 15 is 0 Å². The lowest BCUT2D eigenvalue weighted by molar-refractivity contribution is -0.147. The van der Waals surface area contributed by atoms with Crippen LogP contribution in [0.15, 0.2) is 0 Å². The van der Waals surface area contributed by atoms with Gasteiger partial charge in [-0.2, -0.15) is 0 Å². The molecule has 1 unspecified atom stereocenters. The van der Waals surface area contributed by atoms with Crippen LogP contribution < -0.4 is 5.32 Å². The molecule has 0 aromatic rings. The van der Waals surface area contributed by atoms with Crippen molar-refractivity contribution in [3.8, 4) is 0 Å². The van der Waals surface area contributed by atoms with Crippen molar-refractivity contribution in [3.05, 3.63) is 0 Å². The summed E-state index contributed by atoms with van der Waals surface area (Å²) < 4.78 is 5.82. The lowest BCUT2D eigenvalue weighted by Gasteiger charge is -2.40. The van der Waals surface area contributed by atoms with Gasteiger partial charge in [-0.15, -0.1) is 0 Å². The molecule has 0 radical (unpaired) electrons. The van der Waals surface area contributed by atoms with Crippen molar-refractivity contribution in [2.45, 2.75) is 63.5 Å². The third-order valence-corrected chi connectivity index (χ3v) is 5.36. The lowest BCUT2D eigenvalue weighted by Crippen LogP contribution is -2.60. The number of ether oxygens (including phenoxy) is 1. The summed E-state index contributed by atoms with van der Waals surface area (Å²) in [5.74, 6) is 0.961. The monoisotopic (exact) mass is 280 g/mol. The maximum atomic E-state index is 12.5. The van der Waals surface area contributed by atoms with Crippen molar-refractivity contribution in [1.29, 1.82) is 0 Å². The second-order valence-corrected chi connectivity index (χ2v) is 7.04. The summed E-state index contributed by atoms with van der Waals surface area (Å²) in [6, 6.07) is 0.499. The van der Waals surface area contributed by atoms with Gasteiger partial charge in [-0.3, -0.25) is 4.79 Å². The van der Waals surface area contributed by atoms with E-state index in [-0.39, 0.29) is 18.1 Å². The first kappa shape index (κ1) is 14.3. The maximum Gasteiger partial charge on any atom is 0.248 e. The van der Waals surface area contributed by atoms with Crippen molar-refractivity contribution in [3.63, 3.8) is 0 Å². The number of rotatable bonds is 4. The SMILES string of the molecule is CC1(OCC(=O)N2CCCC2C2CCCCC2)CNC1. The molecule has 1 N–H and O–H groups in total. The van der Waals surface area contributed by atoms with E-state index in [1.807, 2.05) is 0 Å². The molecule has 4 nitrogen and oxygen atoms in total. The molecule has 1 aliphatic carbocycles. The zero-order valence-electron chi connectivity index (χ0n) is 12.7. The van der Waals surface area contributed by atoms with Crippen LogP contribution in [-0.4, -0.2) is 48.7 Å². The van der Waals surface area contributed by atoms with Crippen LogP contribution in [-0.2, 0) is 9.53 Å². The third kappa shape index (κ3) is 3.01. The van der Waals surface area contributed by atoms with Crippen LogP contribution in [0.4, 0.5) is 0 Å². The van der Waals surface area contributed by atoms with Gasteiger partial charge < -0.3 is 15.0 Å². The van der Waals surface area contributed by atoms with E-state index in [0.717, 1.165) is 25.6 Å². The minimum Gasteiger partial charge on any atom is -0.363 e. The first-order valence-corrected chi connectivity index (χ1v) is 8.32. The Hall–Kier alpha value is -0.610. The van der Waals surface area contributed by atoms with E-state index in [9.17, 15) is 4.79 Å². The summed E-state index contributed by atoms with van der Waals surface area (Å²) in [7, 11) is 0.